The number of halogens is 3. The third kappa shape index (κ3) is 6.64. The van der Waals surface area contributed by atoms with E-state index in [4.69, 9.17) is 11.5 Å². The summed E-state index contributed by atoms with van der Waals surface area (Å²) in [5, 5.41) is 2.45. The van der Waals surface area contributed by atoms with Crippen molar-refractivity contribution in [2.75, 3.05) is 31.5 Å². The Bertz CT molecular complexity index is 1110. The predicted molar refractivity (Wildman–Crippen MR) is 123 cm³/mol. The quantitative estimate of drug-likeness (QED) is 0.327. The van der Waals surface area contributed by atoms with Crippen molar-refractivity contribution in [2.45, 2.75) is 19.4 Å². The molecule has 0 unspecified atom stereocenters. The van der Waals surface area contributed by atoms with E-state index in [9.17, 15) is 18.0 Å². The number of hydrogen-bond acceptors (Lipinski definition) is 6. The van der Waals surface area contributed by atoms with Gasteiger partial charge in [-0.1, -0.05) is 24.3 Å². The van der Waals surface area contributed by atoms with Gasteiger partial charge in [0.2, 0.25) is 5.95 Å². The zero-order valence-electron chi connectivity index (χ0n) is 18.1. The first-order valence-corrected chi connectivity index (χ1v) is 10.6. The zero-order valence-corrected chi connectivity index (χ0v) is 18.1. The molecule has 3 aromatic rings. The van der Waals surface area contributed by atoms with Gasteiger partial charge in [-0.05, 0) is 50.1 Å². The van der Waals surface area contributed by atoms with Crippen molar-refractivity contribution in [1.29, 1.82) is 0 Å². The van der Waals surface area contributed by atoms with Crippen molar-refractivity contribution >= 4 is 11.6 Å². The van der Waals surface area contributed by atoms with Crippen LogP contribution < -0.4 is 22.3 Å². The van der Waals surface area contributed by atoms with E-state index in [2.05, 4.69) is 20.2 Å². The van der Waals surface area contributed by atoms with Crippen LogP contribution in [0.5, 0.6) is 0 Å². The van der Waals surface area contributed by atoms with E-state index in [1.807, 2.05) is 24.3 Å². The molecular weight excluding hydrogens is 433 g/mol. The molecular formula is C23H27F3N6O. The highest BCUT2D eigenvalue weighted by Gasteiger charge is 2.12. The van der Waals surface area contributed by atoms with Gasteiger partial charge in [0, 0.05) is 24.9 Å². The highest BCUT2D eigenvalue weighted by Crippen LogP contribution is 2.22. The zero-order chi connectivity index (χ0) is 23.8. The molecule has 0 spiro atoms. The molecule has 0 saturated carbocycles. The third-order valence-corrected chi connectivity index (χ3v) is 5.09. The lowest BCUT2D eigenvalue weighted by atomic mass is 10.1. The van der Waals surface area contributed by atoms with Crippen LogP contribution in [0.25, 0.3) is 11.1 Å². The van der Waals surface area contributed by atoms with E-state index in [0.29, 0.717) is 36.3 Å². The van der Waals surface area contributed by atoms with E-state index in [1.165, 1.54) is 6.20 Å². The number of rotatable bonds is 11. The summed E-state index contributed by atoms with van der Waals surface area (Å²) >= 11 is 0. The first-order chi connectivity index (χ1) is 15.9. The van der Waals surface area contributed by atoms with Crippen LogP contribution in [-0.2, 0) is 6.54 Å². The summed E-state index contributed by atoms with van der Waals surface area (Å²) in [7, 11) is 0. The van der Waals surface area contributed by atoms with Crippen LogP contribution in [0.1, 0.15) is 18.4 Å². The molecule has 1 aromatic heterocycles. The van der Waals surface area contributed by atoms with Crippen LogP contribution in [-0.4, -0.2) is 41.0 Å². The van der Waals surface area contributed by atoms with Crippen LogP contribution in [0.2, 0.25) is 0 Å². The maximum absolute atomic E-state index is 13.8. The average molecular weight is 461 g/mol. The summed E-state index contributed by atoms with van der Waals surface area (Å²) in [6.45, 7) is 3.77. The molecule has 3 rings (SSSR count). The van der Waals surface area contributed by atoms with E-state index in [0.717, 1.165) is 38.0 Å². The van der Waals surface area contributed by atoms with Gasteiger partial charge < -0.3 is 21.8 Å². The topological polar surface area (TPSA) is 113 Å². The summed E-state index contributed by atoms with van der Waals surface area (Å²) in [4.78, 5) is 21.4. The number of hydrogen-bond donors (Lipinski definition) is 4. The number of nitrogens with two attached hydrogens (primary N) is 2. The molecule has 176 valence electrons. The molecule has 6 N–H and O–H groups in total. The van der Waals surface area contributed by atoms with Crippen LogP contribution in [0.15, 0.2) is 47.4 Å². The Balaban J connectivity index is 1.72. The molecule has 0 radical (unpaired) electrons. The Kier molecular flexibility index (Phi) is 8.58. The van der Waals surface area contributed by atoms with Crippen LogP contribution in [0, 0.1) is 17.5 Å². The summed E-state index contributed by atoms with van der Waals surface area (Å²) in [6, 6.07) is 8.60. The van der Waals surface area contributed by atoms with Gasteiger partial charge in [0.05, 0.1) is 11.3 Å². The maximum Gasteiger partial charge on any atom is 0.282 e. The summed E-state index contributed by atoms with van der Waals surface area (Å²) in [5.74, 6) is -3.63. The summed E-state index contributed by atoms with van der Waals surface area (Å²) < 4.78 is 40.3. The molecule has 0 amide bonds. The minimum atomic E-state index is -1.31. The van der Waals surface area contributed by atoms with Crippen LogP contribution >= 0.6 is 0 Å². The van der Waals surface area contributed by atoms with E-state index in [1.54, 1.807) is 0 Å². The lowest BCUT2D eigenvalue weighted by Gasteiger charge is -2.22. The fourth-order valence-corrected chi connectivity index (χ4v) is 3.36. The second-order valence-electron chi connectivity index (χ2n) is 7.60. The molecule has 0 atom stereocenters. The Labute approximate surface area is 189 Å². The SMILES string of the molecule is NCCCN(CCCN)Cc1ccc(-c2c[nH]c(Nc3cc(F)c(F)cc3F)nc2=O)cc1. The normalized spacial score (nSPS) is 11.2. The standard InChI is InChI=1S/C23H27F3N6O/c24-18-11-20(26)21(12-19(18)25)30-23-29-13-17(22(33)31-23)16-5-3-15(4-6-16)14-32(9-1-7-27)10-2-8-28/h3-6,11-13H,1-2,7-10,14,27-28H2,(H2,29,30,31,33). The van der Waals surface area contributed by atoms with Crippen molar-refractivity contribution in [2.24, 2.45) is 11.5 Å². The molecule has 0 aliphatic rings. The van der Waals surface area contributed by atoms with E-state index in [-0.39, 0.29) is 11.6 Å². The molecule has 0 fully saturated rings. The molecule has 33 heavy (non-hydrogen) atoms. The predicted octanol–water partition coefficient (Wildman–Crippen LogP) is 3.10. The number of benzene rings is 2. The highest BCUT2D eigenvalue weighted by atomic mass is 19.2. The van der Waals surface area contributed by atoms with Gasteiger partial charge in [-0.25, -0.2) is 13.2 Å². The Hall–Kier alpha value is -3.21. The average Bonchev–Trinajstić information content (AvgIpc) is 2.80. The molecule has 7 nitrogen and oxygen atoms in total. The van der Waals surface area contributed by atoms with Gasteiger partial charge in [-0.3, -0.25) is 9.69 Å². The summed E-state index contributed by atoms with van der Waals surface area (Å²) in [6.07, 6.45) is 3.23. The second-order valence-corrected chi connectivity index (χ2v) is 7.60. The molecule has 0 bridgehead atoms. The number of aromatic nitrogens is 2. The molecule has 0 aliphatic heterocycles. The van der Waals surface area contributed by atoms with Gasteiger partial charge in [-0.2, -0.15) is 4.98 Å². The maximum atomic E-state index is 13.8. The number of H-pyrrole nitrogens is 1. The molecule has 0 aliphatic carbocycles. The third-order valence-electron chi connectivity index (χ3n) is 5.09. The second kappa shape index (κ2) is 11.6. The van der Waals surface area contributed by atoms with Crippen molar-refractivity contribution in [3.8, 4) is 11.1 Å². The van der Waals surface area contributed by atoms with Crippen molar-refractivity contribution in [1.82, 2.24) is 14.9 Å². The number of nitrogens with zero attached hydrogens (tertiary/aromatic N) is 2. The molecule has 2 aromatic carbocycles. The smallest absolute Gasteiger partial charge is 0.282 e. The Morgan fingerprint density at radius 2 is 1.58 bits per heavy atom. The first-order valence-electron chi connectivity index (χ1n) is 10.6. The number of anilines is 2. The Morgan fingerprint density at radius 1 is 0.939 bits per heavy atom. The molecule has 10 heteroatoms. The fraction of sp³-hybridized carbons (Fsp3) is 0.304. The number of aromatic amines is 1. The van der Waals surface area contributed by atoms with Gasteiger partial charge in [0.1, 0.15) is 5.82 Å². The van der Waals surface area contributed by atoms with Gasteiger partial charge in [-0.15, -0.1) is 0 Å². The number of nitrogens with one attached hydrogen (secondary N) is 2. The first kappa shape index (κ1) is 24.4. The largest absolute Gasteiger partial charge is 0.331 e. The summed E-state index contributed by atoms with van der Waals surface area (Å²) in [5.41, 5.74) is 12.4. The van der Waals surface area contributed by atoms with Crippen molar-refractivity contribution in [3.05, 3.63) is 76.0 Å². The van der Waals surface area contributed by atoms with Crippen LogP contribution in [0.4, 0.5) is 24.8 Å². The van der Waals surface area contributed by atoms with E-state index < -0.39 is 23.0 Å². The lowest BCUT2D eigenvalue weighted by molar-refractivity contribution is 0.262. The van der Waals surface area contributed by atoms with E-state index >= 15 is 0 Å². The van der Waals surface area contributed by atoms with Gasteiger partial charge in [0.25, 0.3) is 5.56 Å². The fourth-order valence-electron chi connectivity index (χ4n) is 3.36. The van der Waals surface area contributed by atoms with Crippen molar-refractivity contribution < 1.29 is 13.2 Å². The van der Waals surface area contributed by atoms with Gasteiger partial charge in [0.15, 0.2) is 11.6 Å². The minimum Gasteiger partial charge on any atom is -0.331 e. The monoisotopic (exact) mass is 460 g/mol. The van der Waals surface area contributed by atoms with Gasteiger partial charge >= 0.3 is 0 Å². The highest BCUT2D eigenvalue weighted by molar-refractivity contribution is 5.63. The Morgan fingerprint density at radius 3 is 2.18 bits per heavy atom. The van der Waals surface area contributed by atoms with Crippen LogP contribution in [0.3, 0.4) is 0 Å². The van der Waals surface area contributed by atoms with Crippen molar-refractivity contribution in [3.63, 3.8) is 0 Å². The lowest BCUT2D eigenvalue weighted by Crippen LogP contribution is -2.28. The molecule has 1 heterocycles. The minimum absolute atomic E-state index is 0.0965. The molecule has 0 saturated heterocycles.